The molecule has 0 amide bonds. The van der Waals surface area contributed by atoms with Crippen molar-refractivity contribution in [2.75, 3.05) is 6.67 Å². The molecule has 0 saturated heterocycles. The number of carbonyl (C=O) groups excluding carboxylic acids is 2. The summed E-state index contributed by atoms with van der Waals surface area (Å²) in [6.07, 6.45) is 0. The molecule has 0 bridgehead atoms. The van der Waals surface area contributed by atoms with Crippen molar-refractivity contribution in [3.63, 3.8) is 0 Å². The lowest BCUT2D eigenvalue weighted by Crippen LogP contribution is -2.13. The molecule has 0 aliphatic heterocycles. The van der Waals surface area contributed by atoms with Crippen LogP contribution in [-0.2, 0) is 19.2 Å². The Morgan fingerprint density at radius 1 is 1.07 bits per heavy atom. The molecule has 0 rings (SSSR count). The van der Waals surface area contributed by atoms with E-state index in [1.165, 1.54) is 0 Å². The van der Waals surface area contributed by atoms with Gasteiger partial charge in [-0.15, -0.1) is 0 Å². The van der Waals surface area contributed by atoms with Gasteiger partial charge in [0.05, 0.1) is 0 Å². The lowest BCUT2D eigenvalue weighted by atomic mass is 10.5. The molecule has 0 spiro atoms. The molecule has 0 aliphatic rings. The van der Waals surface area contributed by atoms with Crippen LogP contribution in [0.15, 0.2) is 0 Å². The zero-order chi connectivity index (χ0) is 11.0. The predicted molar refractivity (Wildman–Crippen MR) is 39.4 cm³/mol. The van der Waals surface area contributed by atoms with E-state index in [4.69, 9.17) is 10.2 Å². The molecule has 0 unspecified atom stereocenters. The molecule has 0 aromatic carbocycles. The number of carbonyl (C=O) groups is 4. The smallest absolute Gasteiger partial charge is 0.375 e. The maximum absolute atomic E-state index is 10.9. The van der Waals surface area contributed by atoms with E-state index in [2.05, 4.69) is 0 Å². The summed E-state index contributed by atoms with van der Waals surface area (Å²) < 4.78 is 10.9. The maximum Gasteiger partial charge on any atom is 0.375 e. The topological polar surface area (TPSA) is 109 Å². The molecule has 0 aromatic rings. The molecular formula is C6H8F2O6. The van der Waals surface area contributed by atoms with Crippen LogP contribution in [0.1, 0.15) is 6.92 Å². The van der Waals surface area contributed by atoms with Crippen LogP contribution in [0.25, 0.3) is 0 Å². The van der Waals surface area contributed by atoms with E-state index >= 15 is 0 Å². The number of carboxylic acids is 2. The van der Waals surface area contributed by atoms with Gasteiger partial charge in [-0.3, -0.25) is 14.3 Å². The first-order valence-corrected chi connectivity index (χ1v) is 2.88. The van der Waals surface area contributed by atoms with Gasteiger partial charge in [-0.1, -0.05) is 0 Å². The average molecular weight is 214 g/mol. The number of hydrogen-bond donors (Lipinski definition) is 2. The van der Waals surface area contributed by atoms with Crippen LogP contribution in [0.2, 0.25) is 0 Å². The Bertz CT molecular complexity index is 224. The largest absolute Gasteiger partial charge is 0.476 e. The third kappa shape index (κ3) is 12.8. The SMILES string of the molecule is CC(=O)C(=O)O.F.O=C(O)C(=O)CF. The van der Waals surface area contributed by atoms with Crippen molar-refractivity contribution in [1.82, 2.24) is 0 Å². The second kappa shape index (κ2) is 9.23. The molecule has 0 aromatic heterocycles. The van der Waals surface area contributed by atoms with Crippen molar-refractivity contribution in [1.29, 1.82) is 0 Å². The van der Waals surface area contributed by atoms with Crippen LogP contribution >= 0.6 is 0 Å². The summed E-state index contributed by atoms with van der Waals surface area (Å²) in [5, 5.41) is 15.2. The Hall–Kier alpha value is -1.86. The number of carboxylic acid groups (broad SMARTS) is 2. The van der Waals surface area contributed by atoms with Crippen LogP contribution in [0, 0.1) is 0 Å². The fourth-order valence-electron chi connectivity index (χ4n) is 0.0572. The highest BCUT2D eigenvalue weighted by Gasteiger charge is 2.08. The minimum atomic E-state index is -1.72. The van der Waals surface area contributed by atoms with Crippen LogP contribution < -0.4 is 0 Å². The van der Waals surface area contributed by atoms with Crippen LogP contribution in [0.5, 0.6) is 0 Å². The standard InChI is InChI=1S/C3H3FO3.C3H4O3.FH/c4-1-2(5)3(6)7;1-2(4)3(5)6;/h1H2,(H,6,7);1H3,(H,5,6);1H. The second-order valence-corrected chi connectivity index (χ2v) is 1.72. The second-order valence-electron chi connectivity index (χ2n) is 1.72. The quantitative estimate of drug-likeness (QED) is 0.608. The lowest BCUT2D eigenvalue weighted by Gasteiger charge is -1.78. The zero-order valence-corrected chi connectivity index (χ0v) is 7.02. The fraction of sp³-hybridized carbons (Fsp3) is 0.333. The summed E-state index contributed by atoms with van der Waals surface area (Å²) >= 11 is 0. The molecule has 0 atom stereocenters. The number of rotatable bonds is 3. The third-order valence-corrected chi connectivity index (χ3v) is 0.661. The molecule has 0 aliphatic carbocycles. The molecule has 0 saturated carbocycles. The number of halogens is 2. The highest BCUT2D eigenvalue weighted by atomic mass is 19.1. The van der Waals surface area contributed by atoms with Gasteiger partial charge in [0, 0.05) is 6.92 Å². The van der Waals surface area contributed by atoms with Gasteiger partial charge >= 0.3 is 11.9 Å². The Morgan fingerprint density at radius 2 is 1.36 bits per heavy atom. The van der Waals surface area contributed by atoms with Gasteiger partial charge in [-0.25, -0.2) is 14.0 Å². The van der Waals surface area contributed by atoms with Gasteiger partial charge < -0.3 is 10.2 Å². The molecular weight excluding hydrogens is 206 g/mol. The van der Waals surface area contributed by atoms with Gasteiger partial charge in [-0.05, 0) is 0 Å². The molecule has 2 N–H and O–H groups in total. The van der Waals surface area contributed by atoms with Crippen molar-refractivity contribution in [3.8, 4) is 0 Å². The maximum atomic E-state index is 10.9. The lowest BCUT2D eigenvalue weighted by molar-refractivity contribution is -0.149. The summed E-state index contributed by atoms with van der Waals surface area (Å²) in [6, 6.07) is 0. The number of ketones is 2. The van der Waals surface area contributed by atoms with Crippen molar-refractivity contribution in [2.24, 2.45) is 0 Å². The van der Waals surface area contributed by atoms with Gasteiger partial charge in [0.25, 0.3) is 5.78 Å². The zero-order valence-electron chi connectivity index (χ0n) is 7.02. The van der Waals surface area contributed by atoms with Crippen molar-refractivity contribution in [3.05, 3.63) is 0 Å². The summed E-state index contributed by atoms with van der Waals surface area (Å²) in [6.45, 7) is -0.419. The minimum absolute atomic E-state index is 0. The first kappa shape index (κ1) is 18.0. The molecule has 0 fully saturated rings. The molecule has 6 nitrogen and oxygen atoms in total. The highest BCUT2D eigenvalue weighted by Crippen LogP contribution is 1.71. The summed E-state index contributed by atoms with van der Waals surface area (Å²) in [5.74, 6) is -5.33. The van der Waals surface area contributed by atoms with E-state index in [0.29, 0.717) is 0 Å². The monoisotopic (exact) mass is 214 g/mol. The van der Waals surface area contributed by atoms with E-state index in [1.54, 1.807) is 0 Å². The number of Topliss-reactive ketones (excluding diaryl/α,β-unsaturated/α-hetero) is 2. The highest BCUT2D eigenvalue weighted by molar-refractivity contribution is 6.33. The summed E-state index contributed by atoms with van der Waals surface area (Å²) in [4.78, 5) is 37.8. The van der Waals surface area contributed by atoms with Crippen molar-refractivity contribution >= 4 is 23.5 Å². The molecule has 8 heteroatoms. The number of alkyl halides is 1. The van der Waals surface area contributed by atoms with Crippen molar-refractivity contribution in [2.45, 2.75) is 6.92 Å². The number of aliphatic carboxylic acids is 2. The van der Waals surface area contributed by atoms with Crippen LogP contribution in [0.4, 0.5) is 9.09 Å². The predicted octanol–water partition coefficient (Wildman–Crippen LogP) is -0.578. The Labute approximate surface area is 76.7 Å². The normalized spacial score (nSPS) is 7.29. The minimum Gasteiger partial charge on any atom is -0.476 e. The average Bonchev–Trinajstić information content (AvgIpc) is 2.03. The number of hydrogen-bond acceptors (Lipinski definition) is 4. The van der Waals surface area contributed by atoms with Gasteiger partial charge in [0.2, 0.25) is 5.78 Å². The van der Waals surface area contributed by atoms with Crippen LogP contribution in [-0.4, -0.2) is 40.4 Å². The Kier molecular flexibility index (Phi) is 11.9. The summed E-state index contributed by atoms with van der Waals surface area (Å²) in [7, 11) is 0. The first-order valence-electron chi connectivity index (χ1n) is 2.88. The van der Waals surface area contributed by atoms with E-state index in [9.17, 15) is 23.6 Å². The summed E-state index contributed by atoms with van der Waals surface area (Å²) in [5.41, 5.74) is 0. The molecule has 82 valence electrons. The van der Waals surface area contributed by atoms with E-state index in [1.807, 2.05) is 0 Å². The van der Waals surface area contributed by atoms with Gasteiger partial charge in [0.1, 0.15) is 0 Å². The molecule has 0 radical (unpaired) electrons. The van der Waals surface area contributed by atoms with Crippen molar-refractivity contribution < 1.29 is 38.5 Å². The molecule has 0 heterocycles. The van der Waals surface area contributed by atoms with E-state index in [0.717, 1.165) is 6.92 Å². The van der Waals surface area contributed by atoms with E-state index in [-0.39, 0.29) is 4.70 Å². The van der Waals surface area contributed by atoms with E-state index < -0.39 is 30.2 Å². The Balaban J connectivity index is -0.000000163. The van der Waals surface area contributed by atoms with Crippen LogP contribution in [0.3, 0.4) is 0 Å². The third-order valence-electron chi connectivity index (χ3n) is 0.661. The first-order chi connectivity index (χ1) is 5.82. The molecule has 14 heavy (non-hydrogen) atoms. The van der Waals surface area contributed by atoms with Gasteiger partial charge in [0.15, 0.2) is 6.67 Å². The Morgan fingerprint density at radius 3 is 1.36 bits per heavy atom. The van der Waals surface area contributed by atoms with Gasteiger partial charge in [-0.2, -0.15) is 0 Å². The fourth-order valence-corrected chi connectivity index (χ4v) is 0.0572.